The maximum Gasteiger partial charge on any atom is 0.253 e. The zero-order valence-electron chi connectivity index (χ0n) is 19.0. The van der Waals surface area contributed by atoms with Gasteiger partial charge in [-0.2, -0.15) is 5.10 Å². The minimum absolute atomic E-state index is 0.140. The summed E-state index contributed by atoms with van der Waals surface area (Å²) in [6, 6.07) is 12.9. The third kappa shape index (κ3) is 4.12. The van der Waals surface area contributed by atoms with Gasteiger partial charge in [0.25, 0.3) is 5.91 Å². The number of thioether (sulfide) groups is 1. The van der Waals surface area contributed by atoms with Crippen LogP contribution in [0.5, 0.6) is 5.75 Å². The van der Waals surface area contributed by atoms with E-state index < -0.39 is 0 Å². The predicted octanol–water partition coefficient (Wildman–Crippen LogP) is 4.46. The van der Waals surface area contributed by atoms with Crippen molar-refractivity contribution < 1.29 is 18.4 Å². The molecule has 34 heavy (non-hydrogen) atoms. The van der Waals surface area contributed by atoms with Gasteiger partial charge in [-0.25, -0.2) is 5.01 Å². The van der Waals surface area contributed by atoms with Crippen LogP contribution < -0.4 is 4.74 Å². The predicted molar refractivity (Wildman–Crippen MR) is 127 cm³/mol. The zero-order valence-corrected chi connectivity index (χ0v) is 19.8. The normalized spacial score (nSPS) is 15.6. The number of carbonyl (C=O) groups is 1. The van der Waals surface area contributed by atoms with Gasteiger partial charge >= 0.3 is 0 Å². The Hall–Kier alpha value is -3.79. The van der Waals surface area contributed by atoms with Crippen LogP contribution in [0.3, 0.4) is 0 Å². The highest BCUT2D eigenvalue weighted by molar-refractivity contribution is 7.99. The molecule has 1 aliphatic heterocycles. The van der Waals surface area contributed by atoms with Gasteiger partial charge in [0.05, 0.1) is 36.7 Å². The average Bonchev–Trinajstić information content (AvgIpc) is 3.65. The Kier molecular flexibility index (Phi) is 5.97. The number of methoxy groups -OCH3 is 1. The first-order valence-corrected chi connectivity index (χ1v) is 11.7. The van der Waals surface area contributed by atoms with Crippen molar-refractivity contribution in [3.8, 4) is 17.1 Å². The molecule has 4 aromatic rings. The first-order valence-electron chi connectivity index (χ1n) is 10.7. The fourth-order valence-corrected chi connectivity index (χ4v) is 4.65. The number of aromatic nitrogens is 3. The standard InChI is InChI=1S/C24H23N5O4S/c1-15-18(10-12-32-15)23-25-26-24(28(23)2)34-14-22(30)29-20(21-5-4-11-33-21)13-19(27-29)16-6-8-17(31-3)9-7-16/h4-12,20H,13-14H2,1-3H3/t20-/m1/s1. The monoisotopic (exact) mass is 477 g/mol. The summed E-state index contributed by atoms with van der Waals surface area (Å²) in [5.41, 5.74) is 2.63. The van der Waals surface area contributed by atoms with Crippen molar-refractivity contribution in [2.24, 2.45) is 12.1 Å². The summed E-state index contributed by atoms with van der Waals surface area (Å²) < 4.78 is 18.1. The lowest BCUT2D eigenvalue weighted by molar-refractivity contribution is -0.130. The van der Waals surface area contributed by atoms with Crippen LogP contribution in [0.1, 0.15) is 29.5 Å². The Morgan fingerprint density at radius 1 is 1.15 bits per heavy atom. The fourth-order valence-electron chi connectivity index (χ4n) is 3.89. The average molecular weight is 478 g/mol. The van der Waals surface area contributed by atoms with Crippen LogP contribution in [0.15, 0.2) is 74.1 Å². The Morgan fingerprint density at radius 2 is 1.97 bits per heavy atom. The Labute approximate surface area is 200 Å². The van der Waals surface area contributed by atoms with E-state index in [1.807, 2.05) is 61.0 Å². The van der Waals surface area contributed by atoms with Gasteiger partial charge in [-0.15, -0.1) is 10.2 Å². The Morgan fingerprint density at radius 3 is 2.65 bits per heavy atom. The minimum Gasteiger partial charge on any atom is -0.497 e. The maximum absolute atomic E-state index is 13.3. The zero-order chi connectivity index (χ0) is 23.7. The van der Waals surface area contributed by atoms with Gasteiger partial charge in [-0.1, -0.05) is 11.8 Å². The van der Waals surface area contributed by atoms with Crippen LogP contribution in [0.2, 0.25) is 0 Å². The van der Waals surface area contributed by atoms with E-state index in [1.165, 1.54) is 16.8 Å². The van der Waals surface area contributed by atoms with Crippen molar-refractivity contribution in [1.29, 1.82) is 0 Å². The lowest BCUT2D eigenvalue weighted by atomic mass is 10.0. The van der Waals surface area contributed by atoms with Crippen LogP contribution >= 0.6 is 11.8 Å². The molecule has 0 saturated heterocycles. The van der Waals surface area contributed by atoms with Crippen LogP contribution in [-0.2, 0) is 11.8 Å². The molecular weight excluding hydrogens is 454 g/mol. The quantitative estimate of drug-likeness (QED) is 0.363. The highest BCUT2D eigenvalue weighted by Crippen LogP contribution is 2.34. The van der Waals surface area contributed by atoms with E-state index >= 15 is 0 Å². The number of furan rings is 2. The molecule has 0 fully saturated rings. The molecule has 0 radical (unpaired) electrons. The number of aryl methyl sites for hydroxylation is 1. The molecule has 1 amide bonds. The number of amides is 1. The number of benzene rings is 1. The minimum atomic E-state index is -0.302. The summed E-state index contributed by atoms with van der Waals surface area (Å²) in [5.74, 6) is 2.94. The molecule has 9 nitrogen and oxygen atoms in total. The van der Waals surface area contributed by atoms with Crippen LogP contribution in [-0.4, -0.2) is 44.3 Å². The molecule has 0 unspecified atom stereocenters. The van der Waals surface area contributed by atoms with E-state index in [2.05, 4.69) is 15.3 Å². The molecule has 5 rings (SSSR count). The number of hydrogen-bond acceptors (Lipinski definition) is 8. The Balaban J connectivity index is 1.35. The first kappa shape index (κ1) is 22.0. The third-order valence-electron chi connectivity index (χ3n) is 5.72. The second-order valence-corrected chi connectivity index (χ2v) is 8.74. The van der Waals surface area contributed by atoms with Crippen molar-refractivity contribution >= 4 is 23.4 Å². The van der Waals surface area contributed by atoms with Crippen molar-refractivity contribution in [1.82, 2.24) is 19.8 Å². The second-order valence-electron chi connectivity index (χ2n) is 7.79. The van der Waals surface area contributed by atoms with E-state index in [0.717, 1.165) is 28.3 Å². The summed E-state index contributed by atoms with van der Waals surface area (Å²) in [6.45, 7) is 1.88. The van der Waals surface area contributed by atoms with Gasteiger partial charge in [0, 0.05) is 13.5 Å². The van der Waals surface area contributed by atoms with Crippen molar-refractivity contribution in [3.05, 3.63) is 72.1 Å². The largest absolute Gasteiger partial charge is 0.497 e. The topological polar surface area (TPSA) is 98.9 Å². The van der Waals surface area contributed by atoms with E-state index in [4.69, 9.17) is 13.6 Å². The van der Waals surface area contributed by atoms with Gasteiger partial charge < -0.3 is 18.1 Å². The molecule has 174 valence electrons. The molecule has 1 aromatic carbocycles. The van der Waals surface area contributed by atoms with E-state index in [9.17, 15) is 4.79 Å². The smallest absolute Gasteiger partial charge is 0.253 e. The van der Waals surface area contributed by atoms with Crippen LogP contribution in [0.25, 0.3) is 11.4 Å². The summed E-state index contributed by atoms with van der Waals surface area (Å²) in [6.07, 6.45) is 3.79. The second kappa shape index (κ2) is 9.22. The number of carbonyl (C=O) groups excluding carboxylic acids is 1. The van der Waals surface area contributed by atoms with E-state index in [1.54, 1.807) is 19.6 Å². The molecule has 1 atom stereocenters. The highest BCUT2D eigenvalue weighted by atomic mass is 32.2. The summed E-state index contributed by atoms with van der Waals surface area (Å²) in [4.78, 5) is 13.3. The fraction of sp³-hybridized carbons (Fsp3) is 0.250. The van der Waals surface area contributed by atoms with Crippen molar-refractivity contribution in [2.75, 3.05) is 12.9 Å². The van der Waals surface area contributed by atoms with Gasteiger partial charge in [-0.3, -0.25) is 4.79 Å². The SMILES string of the molecule is COc1ccc(C2=NN(C(=O)CSc3nnc(-c4ccoc4C)n3C)[C@@H](c3ccco3)C2)cc1. The van der Waals surface area contributed by atoms with Gasteiger partial charge in [0.2, 0.25) is 0 Å². The summed E-state index contributed by atoms with van der Waals surface area (Å²) in [7, 11) is 3.50. The molecule has 1 aliphatic rings. The van der Waals surface area contributed by atoms with E-state index in [-0.39, 0.29) is 17.7 Å². The van der Waals surface area contributed by atoms with Crippen LogP contribution in [0.4, 0.5) is 0 Å². The summed E-state index contributed by atoms with van der Waals surface area (Å²) in [5, 5.41) is 15.4. The first-order chi connectivity index (χ1) is 16.5. The molecule has 0 aliphatic carbocycles. The number of nitrogens with zero attached hydrogens (tertiary/aromatic N) is 5. The number of ether oxygens (including phenoxy) is 1. The number of hydrazone groups is 1. The number of hydrogen-bond donors (Lipinski definition) is 0. The van der Waals surface area contributed by atoms with E-state index in [0.29, 0.717) is 23.2 Å². The van der Waals surface area contributed by atoms with Gasteiger partial charge in [0.1, 0.15) is 23.3 Å². The van der Waals surface area contributed by atoms with Crippen molar-refractivity contribution in [3.63, 3.8) is 0 Å². The lowest BCUT2D eigenvalue weighted by Crippen LogP contribution is -2.28. The van der Waals surface area contributed by atoms with Gasteiger partial charge in [0.15, 0.2) is 11.0 Å². The highest BCUT2D eigenvalue weighted by Gasteiger charge is 2.35. The van der Waals surface area contributed by atoms with Crippen LogP contribution in [0, 0.1) is 6.92 Å². The molecule has 3 aromatic heterocycles. The maximum atomic E-state index is 13.3. The molecule has 0 bridgehead atoms. The summed E-state index contributed by atoms with van der Waals surface area (Å²) >= 11 is 1.32. The molecule has 10 heteroatoms. The molecule has 0 saturated carbocycles. The number of rotatable bonds is 7. The van der Waals surface area contributed by atoms with Gasteiger partial charge in [-0.05, 0) is 55.0 Å². The molecule has 4 heterocycles. The molecular formula is C24H23N5O4S. The molecule has 0 spiro atoms. The lowest BCUT2D eigenvalue weighted by Gasteiger charge is -2.19. The molecule has 0 N–H and O–H groups in total. The third-order valence-corrected chi connectivity index (χ3v) is 6.73. The Bertz CT molecular complexity index is 1320. The van der Waals surface area contributed by atoms with Crippen molar-refractivity contribution in [2.45, 2.75) is 24.5 Å².